The standard InChI is InChI=1S/C27H22NS.C18H24NSi.Ir/c1-27(2,3)20-14-15-28-24(17-20)23-11-7-10-22-21-13-12-19(16-25(21)29-26(22)23)18-8-5-4-6-9-18;1-14(2)11-16-12-17(15-9-7-6-8-10-15)19-13-18(16)20(3,4)5;/h4-10,12-17H,1-3H3;6-9,12-14H,11H2,1-5H3;/q2*-1;/i1D3,2D3,3D3;11D2;. The van der Waals surface area contributed by atoms with Gasteiger partial charge < -0.3 is 9.97 Å². The van der Waals surface area contributed by atoms with Crippen LogP contribution in [0.3, 0.4) is 0 Å². The molecule has 0 aliphatic carbocycles. The van der Waals surface area contributed by atoms with Gasteiger partial charge in [0.1, 0.15) is 0 Å². The fourth-order valence-electron chi connectivity index (χ4n) is 5.73. The van der Waals surface area contributed by atoms with Crippen molar-refractivity contribution in [2.45, 2.75) is 65.8 Å². The van der Waals surface area contributed by atoms with E-state index in [0.717, 1.165) is 53.3 Å². The predicted molar refractivity (Wildman–Crippen MR) is 216 cm³/mol. The smallest absolute Gasteiger partial charge is 0.0798 e. The van der Waals surface area contributed by atoms with E-state index >= 15 is 0 Å². The van der Waals surface area contributed by atoms with Crippen LogP contribution in [-0.2, 0) is 31.9 Å². The number of thiophene rings is 1. The second-order valence-electron chi connectivity index (χ2n) is 13.4. The van der Waals surface area contributed by atoms with Crippen LogP contribution >= 0.6 is 11.3 Å². The maximum atomic E-state index is 8.55. The summed E-state index contributed by atoms with van der Waals surface area (Å²) < 4.78 is 91.4. The van der Waals surface area contributed by atoms with E-state index in [1.54, 1.807) is 6.07 Å². The zero-order valence-corrected chi connectivity index (χ0v) is 32.9. The zero-order chi connectivity index (χ0) is 44.1. The molecule has 7 rings (SSSR count). The van der Waals surface area contributed by atoms with Crippen molar-refractivity contribution in [2.75, 3.05) is 0 Å². The van der Waals surface area contributed by atoms with Gasteiger partial charge in [0.15, 0.2) is 0 Å². The van der Waals surface area contributed by atoms with Crippen molar-refractivity contribution in [2.24, 2.45) is 5.92 Å². The Kier molecular flexibility index (Phi) is 7.91. The Hall–Kier alpha value is -3.73. The molecule has 2 nitrogen and oxygen atoms in total. The minimum Gasteiger partial charge on any atom is -0.305 e. The number of nitrogens with zero attached hydrogens (tertiary/aromatic N) is 2. The molecule has 0 unspecified atom stereocenters. The molecule has 50 heavy (non-hydrogen) atoms. The fourth-order valence-corrected chi connectivity index (χ4v) is 8.38. The third-order valence-electron chi connectivity index (χ3n) is 8.13. The van der Waals surface area contributed by atoms with Gasteiger partial charge in [0.25, 0.3) is 0 Å². The summed E-state index contributed by atoms with van der Waals surface area (Å²) in [5.41, 5.74) is 2.02. The van der Waals surface area contributed by atoms with Gasteiger partial charge in [-0.3, -0.25) is 0 Å². The van der Waals surface area contributed by atoms with Gasteiger partial charge in [-0.15, -0.1) is 59.7 Å². The Morgan fingerprint density at radius 3 is 2.28 bits per heavy atom. The topological polar surface area (TPSA) is 25.8 Å². The Morgan fingerprint density at radius 1 is 0.800 bits per heavy atom. The van der Waals surface area contributed by atoms with Crippen molar-refractivity contribution in [3.05, 3.63) is 139 Å². The summed E-state index contributed by atoms with van der Waals surface area (Å²) >= 11 is 1.52. The minimum atomic E-state index is -3.34. The SMILES string of the molecule is [2H]C([2H])([2H])C(c1ccnc(-c2[c-]ccc3c2sc2cc(-c4ccccc4)ccc23)c1)(C([2H])([2H])[2H])C([2H])([2H])[2H].[2H]C([2H])(c1cc(-c2[c-]cccc2)ncc1[Si](C)(C)C)C(C)C.[Ir]. The molecule has 0 aliphatic heterocycles. The summed E-state index contributed by atoms with van der Waals surface area (Å²) in [5.74, 6) is -0.0856. The van der Waals surface area contributed by atoms with E-state index in [4.69, 9.17) is 15.1 Å². The number of hydrogen-bond donors (Lipinski definition) is 0. The van der Waals surface area contributed by atoms with E-state index in [1.165, 1.54) is 29.7 Å². The Morgan fingerprint density at radius 2 is 1.58 bits per heavy atom. The molecule has 0 saturated carbocycles. The van der Waals surface area contributed by atoms with Gasteiger partial charge in [-0.05, 0) is 73.2 Å². The van der Waals surface area contributed by atoms with Crippen LogP contribution in [0.4, 0.5) is 0 Å². The third-order valence-corrected chi connectivity index (χ3v) is 11.3. The number of pyridine rings is 2. The zero-order valence-electron chi connectivity index (χ0n) is 39.7. The van der Waals surface area contributed by atoms with Crippen LogP contribution in [0, 0.1) is 18.1 Å². The summed E-state index contributed by atoms with van der Waals surface area (Å²) in [6.45, 7) is 0.538. The number of fused-ring (bicyclic) bond motifs is 3. The molecule has 0 aliphatic rings. The van der Waals surface area contributed by atoms with E-state index in [-0.39, 0.29) is 37.3 Å². The number of hydrogen-bond acceptors (Lipinski definition) is 3. The monoisotopic (exact) mass is 878 g/mol. The maximum Gasteiger partial charge on any atom is 0.0798 e. The van der Waals surface area contributed by atoms with Gasteiger partial charge in [0, 0.05) is 52.3 Å². The van der Waals surface area contributed by atoms with Crippen LogP contribution in [0.5, 0.6) is 0 Å². The first kappa shape index (κ1) is 25.3. The van der Waals surface area contributed by atoms with Crippen LogP contribution in [-0.4, -0.2) is 18.0 Å². The molecule has 3 aromatic heterocycles. The van der Waals surface area contributed by atoms with Gasteiger partial charge in [0.05, 0.1) is 8.07 Å². The van der Waals surface area contributed by atoms with Crippen LogP contribution in [0.15, 0.2) is 116 Å². The Bertz CT molecular complexity index is 2580. The molecule has 0 fully saturated rings. The van der Waals surface area contributed by atoms with Gasteiger partial charge in [-0.1, -0.05) is 120 Å². The van der Waals surface area contributed by atoms with Gasteiger partial charge in [-0.2, -0.15) is 11.3 Å². The first-order chi connectivity index (χ1) is 27.9. The van der Waals surface area contributed by atoms with E-state index in [0.29, 0.717) is 5.56 Å². The minimum absolute atomic E-state index is 0. The first-order valence-corrected chi connectivity index (χ1v) is 20.6. The van der Waals surface area contributed by atoms with Crippen LogP contribution in [0.1, 0.15) is 60.6 Å². The largest absolute Gasteiger partial charge is 0.305 e. The summed E-state index contributed by atoms with van der Waals surface area (Å²) in [5, 5.41) is 3.07. The molecule has 257 valence electrons. The quantitative estimate of drug-likeness (QED) is 0.123. The molecule has 0 atom stereocenters. The van der Waals surface area contributed by atoms with E-state index in [1.807, 2.05) is 92.8 Å². The van der Waals surface area contributed by atoms with Gasteiger partial charge in [-0.25, -0.2) is 0 Å². The summed E-state index contributed by atoms with van der Waals surface area (Å²) in [7, 11) is -1.67. The van der Waals surface area contributed by atoms with E-state index in [2.05, 4.69) is 53.9 Å². The first-order valence-electron chi connectivity index (χ1n) is 21.8. The van der Waals surface area contributed by atoms with Crippen molar-refractivity contribution in [1.29, 1.82) is 0 Å². The molecule has 0 saturated heterocycles. The Balaban J connectivity index is 0.000000262. The van der Waals surface area contributed by atoms with Gasteiger partial charge in [0.2, 0.25) is 0 Å². The van der Waals surface area contributed by atoms with Crippen LogP contribution in [0.2, 0.25) is 19.6 Å². The molecule has 4 aromatic carbocycles. The molecule has 0 amide bonds. The second-order valence-corrected chi connectivity index (χ2v) is 19.5. The molecule has 0 bridgehead atoms. The van der Waals surface area contributed by atoms with E-state index in [9.17, 15) is 0 Å². The van der Waals surface area contributed by atoms with Crippen molar-refractivity contribution in [3.63, 3.8) is 0 Å². The third kappa shape index (κ3) is 8.58. The average Bonchev–Trinajstić information content (AvgIpc) is 3.55. The normalized spacial score (nSPS) is 16.0. The molecule has 5 heteroatoms. The van der Waals surface area contributed by atoms with E-state index < -0.39 is 40.4 Å². The number of rotatable bonds is 6. The summed E-state index contributed by atoms with van der Waals surface area (Å²) in [4.78, 5) is 8.96. The molecule has 1 radical (unpaired) electrons. The second kappa shape index (κ2) is 15.7. The van der Waals surface area contributed by atoms with Crippen LogP contribution < -0.4 is 5.19 Å². The van der Waals surface area contributed by atoms with Crippen LogP contribution in [0.25, 0.3) is 53.8 Å². The van der Waals surface area contributed by atoms with Gasteiger partial charge >= 0.3 is 0 Å². The molecule has 7 aromatic rings. The average molecular weight is 878 g/mol. The fraction of sp³-hybridized carbons (Fsp3) is 0.244. The Labute approximate surface area is 332 Å². The summed E-state index contributed by atoms with van der Waals surface area (Å²) in [6, 6.07) is 38.3. The van der Waals surface area contributed by atoms with Crippen molar-refractivity contribution < 1.29 is 35.2 Å². The van der Waals surface area contributed by atoms with Crippen molar-refractivity contribution in [3.8, 4) is 33.6 Å². The maximum absolute atomic E-state index is 8.55. The molecular formula is C45H46IrN2SSi-2. The molecule has 3 heterocycles. The molecule has 0 N–H and O–H groups in total. The summed E-state index contributed by atoms with van der Waals surface area (Å²) in [6.07, 6.45) is 1.79. The number of benzene rings is 4. The molecule has 0 spiro atoms. The number of aromatic nitrogens is 2. The predicted octanol–water partition coefficient (Wildman–Crippen LogP) is 12.2. The van der Waals surface area contributed by atoms with Crippen molar-refractivity contribution >= 4 is 44.8 Å². The van der Waals surface area contributed by atoms with Crippen molar-refractivity contribution in [1.82, 2.24) is 9.97 Å². The molecular weight excluding hydrogens is 821 g/mol.